The van der Waals surface area contributed by atoms with Crippen molar-refractivity contribution in [2.24, 2.45) is 0 Å². The van der Waals surface area contributed by atoms with Crippen LogP contribution in [0.4, 0.5) is 0 Å². The smallest absolute Gasteiger partial charge is 0.306 e. The second-order valence-electron chi connectivity index (χ2n) is 23.8. The number of allylic oxidation sites excluding steroid dienone is 4. The summed E-state index contributed by atoms with van der Waals surface area (Å²) >= 11 is 0. The molecule has 0 N–H and O–H groups in total. The Bertz CT molecular complexity index is 1240. The minimum Gasteiger partial charge on any atom is -0.462 e. The molecule has 0 bridgehead atoms. The Labute approximate surface area is 481 Å². The van der Waals surface area contributed by atoms with Gasteiger partial charge in [0.25, 0.3) is 0 Å². The van der Waals surface area contributed by atoms with Gasteiger partial charge in [0.05, 0.1) is 0 Å². The first-order chi connectivity index (χ1) is 38.0. The van der Waals surface area contributed by atoms with E-state index in [-0.39, 0.29) is 31.1 Å². The van der Waals surface area contributed by atoms with Gasteiger partial charge < -0.3 is 14.2 Å². The van der Waals surface area contributed by atoms with Crippen LogP contribution in [0.25, 0.3) is 0 Å². The molecule has 77 heavy (non-hydrogen) atoms. The molecule has 0 heterocycles. The summed E-state index contributed by atoms with van der Waals surface area (Å²) < 4.78 is 17.0. The summed E-state index contributed by atoms with van der Waals surface area (Å²) in [5.41, 5.74) is 0. The fourth-order valence-corrected chi connectivity index (χ4v) is 10.7. The van der Waals surface area contributed by atoms with Gasteiger partial charge in [0, 0.05) is 19.3 Å². The Balaban J connectivity index is 4.31. The number of carbonyl (C=O) groups excluding carboxylic acids is 3. The van der Waals surface area contributed by atoms with Gasteiger partial charge in [0.2, 0.25) is 0 Å². The van der Waals surface area contributed by atoms with E-state index in [0.717, 1.165) is 57.8 Å². The first-order valence-electron chi connectivity index (χ1n) is 34.8. The van der Waals surface area contributed by atoms with Crippen molar-refractivity contribution in [3.05, 3.63) is 24.3 Å². The summed E-state index contributed by atoms with van der Waals surface area (Å²) in [5, 5.41) is 0. The number of carbonyl (C=O) groups is 3. The quantitative estimate of drug-likeness (QED) is 0.0261. The maximum absolute atomic E-state index is 12.9. The van der Waals surface area contributed by atoms with Crippen LogP contribution in [-0.4, -0.2) is 37.2 Å². The SMILES string of the molecule is CCCCCCCC/C=C\CCCCCCCCCCCC(=O)OC[C@H](COC(=O)CCCCCCCCCCCCCCCCCCCCCCC)OC(=O)CCCCCCCCCCC/C=C\CCCCCCCC. The topological polar surface area (TPSA) is 78.9 Å². The molecule has 0 spiro atoms. The lowest BCUT2D eigenvalue weighted by atomic mass is 10.0. The molecule has 454 valence electrons. The van der Waals surface area contributed by atoms with E-state index in [1.54, 1.807) is 0 Å². The molecule has 0 fully saturated rings. The van der Waals surface area contributed by atoms with Crippen LogP contribution in [0.5, 0.6) is 0 Å². The van der Waals surface area contributed by atoms with E-state index < -0.39 is 6.10 Å². The third-order valence-corrected chi connectivity index (χ3v) is 15.9. The van der Waals surface area contributed by atoms with Crippen LogP contribution in [0.2, 0.25) is 0 Å². The first-order valence-corrected chi connectivity index (χ1v) is 34.8. The Morgan fingerprint density at radius 1 is 0.247 bits per heavy atom. The zero-order valence-corrected chi connectivity index (χ0v) is 52.3. The fraction of sp³-hybridized carbons (Fsp3) is 0.901. The normalized spacial score (nSPS) is 12.1. The van der Waals surface area contributed by atoms with Crippen molar-refractivity contribution in [3.8, 4) is 0 Å². The third-order valence-electron chi connectivity index (χ3n) is 15.9. The predicted molar refractivity (Wildman–Crippen MR) is 335 cm³/mol. The second kappa shape index (κ2) is 66.4. The number of unbranched alkanes of at least 4 members (excludes halogenated alkanes) is 50. The van der Waals surface area contributed by atoms with Crippen LogP contribution in [-0.2, 0) is 28.6 Å². The van der Waals surface area contributed by atoms with E-state index in [4.69, 9.17) is 14.2 Å². The van der Waals surface area contributed by atoms with Crippen molar-refractivity contribution in [3.63, 3.8) is 0 Å². The molecular formula is C71H134O6. The lowest BCUT2D eigenvalue weighted by Gasteiger charge is -2.18. The van der Waals surface area contributed by atoms with Gasteiger partial charge in [0.1, 0.15) is 13.2 Å². The Morgan fingerprint density at radius 2 is 0.429 bits per heavy atom. The molecule has 0 aliphatic heterocycles. The largest absolute Gasteiger partial charge is 0.462 e. The monoisotopic (exact) mass is 1080 g/mol. The van der Waals surface area contributed by atoms with Crippen LogP contribution in [0.3, 0.4) is 0 Å². The average Bonchev–Trinajstić information content (AvgIpc) is 3.43. The summed E-state index contributed by atoms with van der Waals surface area (Å²) in [4.78, 5) is 38.4. The molecule has 6 heteroatoms. The van der Waals surface area contributed by atoms with Gasteiger partial charge in [-0.05, 0) is 70.6 Å². The number of hydrogen-bond acceptors (Lipinski definition) is 6. The maximum Gasteiger partial charge on any atom is 0.306 e. The second-order valence-corrected chi connectivity index (χ2v) is 23.8. The lowest BCUT2D eigenvalue weighted by Crippen LogP contribution is -2.30. The van der Waals surface area contributed by atoms with Crippen LogP contribution in [0, 0.1) is 0 Å². The molecule has 0 radical (unpaired) electrons. The maximum atomic E-state index is 12.9. The molecule has 0 unspecified atom stereocenters. The number of esters is 3. The summed E-state index contributed by atoms with van der Waals surface area (Å²) in [5.74, 6) is -0.839. The van der Waals surface area contributed by atoms with Crippen molar-refractivity contribution in [1.82, 2.24) is 0 Å². The highest BCUT2D eigenvalue weighted by molar-refractivity contribution is 5.71. The van der Waals surface area contributed by atoms with E-state index in [9.17, 15) is 14.4 Å². The average molecular weight is 1080 g/mol. The molecule has 6 nitrogen and oxygen atoms in total. The Hall–Kier alpha value is -2.11. The van der Waals surface area contributed by atoms with Crippen LogP contribution in [0.1, 0.15) is 393 Å². The Morgan fingerprint density at radius 3 is 0.649 bits per heavy atom. The van der Waals surface area contributed by atoms with E-state index in [0.29, 0.717) is 19.3 Å². The molecule has 0 aliphatic rings. The number of hydrogen-bond donors (Lipinski definition) is 0. The van der Waals surface area contributed by atoms with E-state index in [1.165, 1.54) is 295 Å². The fourth-order valence-electron chi connectivity index (χ4n) is 10.7. The molecule has 0 aliphatic carbocycles. The van der Waals surface area contributed by atoms with Gasteiger partial charge in [-0.1, -0.05) is 328 Å². The highest BCUT2D eigenvalue weighted by Crippen LogP contribution is 2.18. The molecule has 0 amide bonds. The number of rotatable bonds is 65. The van der Waals surface area contributed by atoms with Crippen molar-refractivity contribution >= 4 is 17.9 Å². The van der Waals surface area contributed by atoms with Crippen molar-refractivity contribution in [2.45, 2.75) is 399 Å². The van der Waals surface area contributed by atoms with Gasteiger partial charge in [-0.25, -0.2) is 0 Å². The molecule has 0 aromatic heterocycles. The lowest BCUT2D eigenvalue weighted by molar-refractivity contribution is -0.167. The van der Waals surface area contributed by atoms with Crippen molar-refractivity contribution in [2.75, 3.05) is 13.2 Å². The van der Waals surface area contributed by atoms with Gasteiger partial charge in [-0.2, -0.15) is 0 Å². The highest BCUT2D eigenvalue weighted by Gasteiger charge is 2.19. The van der Waals surface area contributed by atoms with Crippen LogP contribution < -0.4 is 0 Å². The van der Waals surface area contributed by atoms with Crippen LogP contribution >= 0.6 is 0 Å². The van der Waals surface area contributed by atoms with Gasteiger partial charge in [-0.3, -0.25) is 14.4 Å². The molecule has 0 aromatic rings. The minimum absolute atomic E-state index is 0.0669. The minimum atomic E-state index is -0.771. The zero-order valence-electron chi connectivity index (χ0n) is 52.3. The molecule has 0 saturated heterocycles. The van der Waals surface area contributed by atoms with E-state index in [2.05, 4.69) is 45.1 Å². The molecule has 0 saturated carbocycles. The van der Waals surface area contributed by atoms with E-state index in [1.807, 2.05) is 0 Å². The highest BCUT2D eigenvalue weighted by atomic mass is 16.6. The van der Waals surface area contributed by atoms with Gasteiger partial charge in [0.15, 0.2) is 6.10 Å². The number of ether oxygens (including phenoxy) is 3. The third kappa shape index (κ3) is 64.6. The summed E-state index contributed by atoms with van der Waals surface area (Å²) in [6, 6.07) is 0. The first kappa shape index (κ1) is 74.9. The summed E-state index contributed by atoms with van der Waals surface area (Å²) in [6.07, 6.45) is 80.5. The molecule has 0 aromatic carbocycles. The van der Waals surface area contributed by atoms with Crippen molar-refractivity contribution in [1.29, 1.82) is 0 Å². The zero-order chi connectivity index (χ0) is 55.7. The predicted octanol–water partition coefficient (Wildman–Crippen LogP) is 23.8. The van der Waals surface area contributed by atoms with Crippen molar-refractivity contribution < 1.29 is 28.6 Å². The summed E-state index contributed by atoms with van der Waals surface area (Å²) in [7, 11) is 0. The van der Waals surface area contributed by atoms with Gasteiger partial charge in [-0.15, -0.1) is 0 Å². The van der Waals surface area contributed by atoms with Gasteiger partial charge >= 0.3 is 17.9 Å². The molecule has 1 atom stereocenters. The summed E-state index contributed by atoms with van der Waals surface area (Å²) in [6.45, 7) is 6.71. The van der Waals surface area contributed by atoms with E-state index >= 15 is 0 Å². The Kier molecular flexibility index (Phi) is 64.6. The van der Waals surface area contributed by atoms with Crippen LogP contribution in [0.15, 0.2) is 24.3 Å². The molecular weight excluding hydrogens is 949 g/mol. The standard InChI is InChI=1S/C71H134O6/c1-4-7-10-13-16-19-22-25-28-31-34-35-38-40-43-46-49-52-55-58-61-64-70(73)76-67-68(77-71(74)65-62-59-56-53-50-47-44-41-37-33-30-27-24-21-18-15-12-9-6-3)66-75-69(72)63-60-57-54-51-48-45-42-39-36-32-29-26-23-20-17-14-11-8-5-2/h26-27,29-30,68H,4-25,28,31-67H2,1-3H3/b29-26-,30-27-/t68-/m1/s1. The molecule has 0 rings (SSSR count).